The topological polar surface area (TPSA) is 46.2 Å². The lowest BCUT2D eigenvalue weighted by molar-refractivity contribution is -0.0573. The molecule has 1 aromatic rings. The van der Waals surface area contributed by atoms with Gasteiger partial charge in [0.1, 0.15) is 0 Å². The number of aliphatic hydroxyl groups excluding tert-OH is 1. The summed E-state index contributed by atoms with van der Waals surface area (Å²) in [5.74, 6) is 5.46. The van der Waals surface area contributed by atoms with Crippen LogP contribution in [0.15, 0.2) is 42.0 Å². The van der Waals surface area contributed by atoms with Gasteiger partial charge in [-0.1, -0.05) is 95.9 Å². The van der Waals surface area contributed by atoms with E-state index in [-0.39, 0.29) is 12.1 Å². The van der Waals surface area contributed by atoms with E-state index in [1.54, 1.807) is 5.57 Å². The highest BCUT2D eigenvalue weighted by atomic mass is 16.3. The Morgan fingerprint density at radius 3 is 2.34 bits per heavy atom. The molecule has 0 aliphatic heterocycles. The normalized spacial score (nSPS) is 37.7. The smallest absolute Gasteiger partial charge is 0.0577 e. The predicted octanol–water partition coefficient (Wildman–Crippen LogP) is 8.97. The van der Waals surface area contributed by atoms with E-state index in [4.69, 9.17) is 5.73 Å². The second kappa shape index (κ2) is 12.6. The third kappa shape index (κ3) is 6.43. The lowest BCUT2D eigenvalue weighted by atomic mass is 9.47. The van der Waals surface area contributed by atoms with Gasteiger partial charge in [-0.05, 0) is 117 Å². The van der Waals surface area contributed by atoms with Crippen molar-refractivity contribution in [1.82, 2.24) is 0 Å². The maximum absolute atomic E-state index is 10.2. The van der Waals surface area contributed by atoms with Crippen LogP contribution in [0.2, 0.25) is 0 Å². The minimum atomic E-state index is -0.0766. The van der Waals surface area contributed by atoms with E-state index in [1.165, 1.54) is 63.4 Å². The lowest BCUT2D eigenvalue weighted by Crippen LogP contribution is -2.50. The highest BCUT2D eigenvalue weighted by Crippen LogP contribution is 2.67. The fourth-order valence-electron chi connectivity index (χ4n) is 9.65. The highest BCUT2D eigenvalue weighted by Gasteiger charge is 2.59. The Labute approximate surface area is 235 Å². The molecule has 1 unspecified atom stereocenters. The number of hydrogen-bond acceptors (Lipinski definition) is 2. The first-order valence-corrected chi connectivity index (χ1v) is 16.2. The Morgan fingerprint density at radius 2 is 1.66 bits per heavy atom. The molecule has 4 aliphatic carbocycles. The van der Waals surface area contributed by atoms with E-state index in [1.807, 2.05) is 25.1 Å². The average molecular weight is 522 g/mol. The van der Waals surface area contributed by atoms with Crippen molar-refractivity contribution >= 4 is 0 Å². The molecule has 0 bridgehead atoms. The number of aliphatic hydroxyl groups is 1. The molecule has 0 amide bonds. The van der Waals surface area contributed by atoms with E-state index in [9.17, 15) is 5.11 Å². The largest absolute Gasteiger partial charge is 0.393 e. The van der Waals surface area contributed by atoms with Crippen molar-refractivity contribution in [3.8, 4) is 0 Å². The van der Waals surface area contributed by atoms with Crippen LogP contribution in [0.5, 0.6) is 0 Å². The summed E-state index contributed by atoms with van der Waals surface area (Å²) < 4.78 is 0. The Kier molecular flexibility index (Phi) is 9.89. The van der Waals surface area contributed by atoms with Gasteiger partial charge in [-0.3, -0.25) is 0 Å². The number of allylic oxidation sites excluding steroid dienone is 1. The van der Waals surface area contributed by atoms with Gasteiger partial charge >= 0.3 is 0 Å². The molecule has 3 saturated carbocycles. The summed E-state index contributed by atoms with van der Waals surface area (Å²) in [5.41, 5.74) is 9.54. The van der Waals surface area contributed by atoms with E-state index in [2.05, 4.69) is 52.8 Å². The van der Waals surface area contributed by atoms with Gasteiger partial charge in [-0.2, -0.15) is 0 Å². The maximum Gasteiger partial charge on any atom is 0.0577 e. The first kappa shape index (κ1) is 29.9. The lowest BCUT2D eigenvalue weighted by Gasteiger charge is -2.58. The summed E-state index contributed by atoms with van der Waals surface area (Å²) in [6.07, 6.45) is 18.1. The zero-order valence-electron chi connectivity index (χ0n) is 25.6. The molecule has 2 heteroatoms. The minimum absolute atomic E-state index is 0.0766. The zero-order chi connectivity index (χ0) is 27.5. The second-order valence-electron chi connectivity index (χ2n) is 14.9. The van der Waals surface area contributed by atoms with Crippen LogP contribution in [0.25, 0.3) is 0 Å². The summed E-state index contributed by atoms with van der Waals surface area (Å²) in [4.78, 5) is 0. The maximum atomic E-state index is 10.2. The molecule has 0 heterocycles. The van der Waals surface area contributed by atoms with Crippen molar-refractivity contribution in [2.75, 3.05) is 0 Å². The zero-order valence-corrected chi connectivity index (χ0v) is 25.6. The SMILES string of the molecule is CC(C)CCC[C@@H](C)[C@H]1CC[C@H]2[C@@H]3CC=C4C[C@@H](O)CC[C@]4(C)[C@H]3CC[C@]12C.CC(N)Cc1ccccc1. The van der Waals surface area contributed by atoms with Crippen LogP contribution in [0.4, 0.5) is 0 Å². The molecule has 3 N–H and O–H groups in total. The third-order valence-corrected chi connectivity index (χ3v) is 11.7. The first-order chi connectivity index (χ1) is 18.0. The van der Waals surface area contributed by atoms with Gasteiger partial charge in [0.25, 0.3) is 0 Å². The van der Waals surface area contributed by atoms with Crippen molar-refractivity contribution < 1.29 is 5.11 Å². The molecule has 214 valence electrons. The summed E-state index contributed by atoms with van der Waals surface area (Å²) >= 11 is 0. The summed E-state index contributed by atoms with van der Waals surface area (Å²) in [6, 6.07) is 10.6. The molecule has 4 aliphatic rings. The Balaban J connectivity index is 0.000000283. The van der Waals surface area contributed by atoms with Crippen molar-refractivity contribution in [2.24, 2.45) is 52.1 Å². The van der Waals surface area contributed by atoms with Gasteiger partial charge in [0, 0.05) is 6.04 Å². The molecule has 0 saturated heterocycles. The summed E-state index contributed by atoms with van der Waals surface area (Å²) in [6.45, 7) is 14.6. The molecule has 38 heavy (non-hydrogen) atoms. The number of benzene rings is 1. The van der Waals surface area contributed by atoms with Gasteiger partial charge in [0.15, 0.2) is 0 Å². The number of hydrogen-bond donors (Lipinski definition) is 2. The van der Waals surface area contributed by atoms with Gasteiger partial charge in [-0.25, -0.2) is 0 Å². The average Bonchev–Trinajstić information content (AvgIpc) is 3.22. The van der Waals surface area contributed by atoms with Crippen LogP contribution in [-0.2, 0) is 6.42 Å². The summed E-state index contributed by atoms with van der Waals surface area (Å²) in [7, 11) is 0. The van der Waals surface area contributed by atoms with Crippen LogP contribution in [-0.4, -0.2) is 17.3 Å². The van der Waals surface area contributed by atoms with Crippen molar-refractivity contribution in [1.29, 1.82) is 0 Å². The molecule has 2 nitrogen and oxygen atoms in total. The van der Waals surface area contributed by atoms with Crippen LogP contribution in [0.1, 0.15) is 118 Å². The molecule has 1 aromatic carbocycles. The first-order valence-electron chi connectivity index (χ1n) is 16.2. The van der Waals surface area contributed by atoms with E-state index < -0.39 is 0 Å². The molecule has 0 aromatic heterocycles. The number of fused-ring (bicyclic) bond motifs is 5. The predicted molar refractivity (Wildman–Crippen MR) is 163 cm³/mol. The van der Waals surface area contributed by atoms with E-state index in [0.29, 0.717) is 10.8 Å². The molecule has 3 fully saturated rings. The number of rotatable bonds is 7. The number of nitrogens with two attached hydrogens (primary N) is 1. The van der Waals surface area contributed by atoms with Crippen molar-refractivity contribution in [3.63, 3.8) is 0 Å². The quantitative estimate of drug-likeness (QED) is 0.352. The Bertz CT molecular complexity index is 905. The van der Waals surface area contributed by atoms with Crippen LogP contribution in [0, 0.1) is 46.3 Å². The van der Waals surface area contributed by atoms with E-state index >= 15 is 0 Å². The van der Waals surface area contributed by atoms with Crippen LogP contribution < -0.4 is 5.73 Å². The van der Waals surface area contributed by atoms with Gasteiger partial charge < -0.3 is 10.8 Å². The van der Waals surface area contributed by atoms with Gasteiger partial charge in [0.05, 0.1) is 6.10 Å². The fourth-order valence-corrected chi connectivity index (χ4v) is 9.65. The molecular formula is C36H59NO. The second-order valence-corrected chi connectivity index (χ2v) is 14.9. The standard InChI is InChI=1S/C27H46O.C9H13N/c1-18(2)7-6-8-19(3)23-11-12-24-22-10-9-20-17-21(28)13-15-26(20,4)25(22)14-16-27(23,24)5;1-8(10)7-9-5-3-2-4-6-9/h9,18-19,21-25,28H,6-8,10-17H2,1-5H3;2-6,8H,7,10H2,1H3/t19-,21+,22+,23-,24+,25+,26+,27-;/m1./s1. The van der Waals surface area contributed by atoms with Gasteiger partial charge in [-0.15, -0.1) is 0 Å². The van der Waals surface area contributed by atoms with Crippen molar-refractivity contribution in [2.45, 2.75) is 131 Å². The Morgan fingerprint density at radius 1 is 0.921 bits per heavy atom. The molecular weight excluding hydrogens is 462 g/mol. The summed E-state index contributed by atoms with van der Waals surface area (Å²) in [5, 5.41) is 10.2. The fraction of sp³-hybridized carbons (Fsp3) is 0.778. The van der Waals surface area contributed by atoms with Crippen LogP contribution in [0.3, 0.4) is 0 Å². The van der Waals surface area contributed by atoms with E-state index in [0.717, 1.165) is 54.8 Å². The minimum Gasteiger partial charge on any atom is -0.393 e. The van der Waals surface area contributed by atoms with Crippen molar-refractivity contribution in [3.05, 3.63) is 47.5 Å². The van der Waals surface area contributed by atoms with Gasteiger partial charge in [0.2, 0.25) is 0 Å². The molecule has 0 spiro atoms. The highest BCUT2D eigenvalue weighted by molar-refractivity contribution is 5.25. The monoisotopic (exact) mass is 521 g/mol. The van der Waals surface area contributed by atoms with Crippen LogP contribution >= 0.6 is 0 Å². The Hall–Kier alpha value is -1.12. The molecule has 9 atom stereocenters. The third-order valence-electron chi connectivity index (χ3n) is 11.7. The molecule has 5 rings (SSSR count). The molecule has 0 radical (unpaired) electrons.